The van der Waals surface area contributed by atoms with E-state index in [1.165, 1.54) is 36.4 Å². The molecule has 0 unspecified atom stereocenters. The zero-order chi connectivity index (χ0) is 18.0. The molecule has 0 fully saturated rings. The minimum atomic E-state index is -4.05. The van der Waals surface area contributed by atoms with Crippen LogP contribution in [-0.4, -0.2) is 15.5 Å². The summed E-state index contributed by atoms with van der Waals surface area (Å²) in [5.74, 6) is 0.0391. The normalized spacial score (nSPS) is 11.6. The van der Waals surface area contributed by atoms with Crippen molar-refractivity contribution in [3.63, 3.8) is 0 Å². The molecule has 0 aliphatic carbocycles. The number of hydrogen-bond donors (Lipinski definition) is 1. The van der Waals surface area contributed by atoms with Crippen molar-refractivity contribution in [1.82, 2.24) is 5.32 Å². The van der Waals surface area contributed by atoms with Gasteiger partial charge in [0.25, 0.3) is 0 Å². The van der Waals surface area contributed by atoms with Gasteiger partial charge in [0.15, 0.2) is 0 Å². The van der Waals surface area contributed by atoms with Gasteiger partial charge in [-0.1, -0.05) is 17.7 Å². The number of rotatable bonds is 5. The number of hydrogen-bond acceptors (Lipinski definition) is 6. The van der Waals surface area contributed by atoms with E-state index in [1.54, 1.807) is 19.2 Å². The van der Waals surface area contributed by atoms with Gasteiger partial charge in [-0.25, -0.2) is 4.79 Å². The summed E-state index contributed by atoms with van der Waals surface area (Å²) in [5, 5.41) is 3.94. The molecular formula is C17H14ClNO5S. The van der Waals surface area contributed by atoms with Crippen LogP contribution in [0.4, 0.5) is 0 Å². The molecular weight excluding hydrogens is 366 g/mol. The molecule has 0 amide bonds. The second kappa shape index (κ2) is 6.87. The maximum absolute atomic E-state index is 12.3. The third kappa shape index (κ3) is 3.84. The van der Waals surface area contributed by atoms with Crippen molar-refractivity contribution in [2.45, 2.75) is 11.4 Å². The molecule has 130 valence electrons. The Hall–Kier alpha value is -2.35. The highest BCUT2D eigenvalue weighted by molar-refractivity contribution is 7.87. The molecule has 0 radical (unpaired) electrons. The topological polar surface area (TPSA) is 85.6 Å². The first-order chi connectivity index (χ1) is 11.9. The first-order valence-electron chi connectivity index (χ1n) is 7.30. The molecule has 0 saturated carbocycles. The summed E-state index contributed by atoms with van der Waals surface area (Å²) < 4.78 is 35.0. The number of fused-ring (bicyclic) bond motifs is 1. The fourth-order valence-corrected chi connectivity index (χ4v) is 3.62. The molecule has 3 aromatic rings. The number of benzene rings is 2. The maximum Gasteiger partial charge on any atom is 0.339 e. The third-order valence-electron chi connectivity index (χ3n) is 3.46. The van der Waals surface area contributed by atoms with Crippen LogP contribution in [0, 0.1) is 0 Å². The largest absolute Gasteiger partial charge is 0.423 e. The predicted molar refractivity (Wildman–Crippen MR) is 94.5 cm³/mol. The zero-order valence-corrected chi connectivity index (χ0v) is 14.7. The molecule has 0 aliphatic rings. The van der Waals surface area contributed by atoms with Gasteiger partial charge < -0.3 is 13.9 Å². The highest BCUT2D eigenvalue weighted by Gasteiger charge is 2.18. The van der Waals surface area contributed by atoms with Crippen LogP contribution < -0.4 is 15.1 Å². The van der Waals surface area contributed by atoms with Crippen molar-refractivity contribution in [3.05, 3.63) is 69.5 Å². The summed E-state index contributed by atoms with van der Waals surface area (Å²) in [7, 11) is -2.29. The van der Waals surface area contributed by atoms with Gasteiger partial charge >= 0.3 is 15.7 Å². The van der Waals surface area contributed by atoms with Crippen molar-refractivity contribution in [3.8, 4) is 5.75 Å². The lowest BCUT2D eigenvalue weighted by molar-refractivity contribution is 0.485. The first-order valence-corrected chi connectivity index (χ1v) is 9.09. The van der Waals surface area contributed by atoms with Crippen LogP contribution in [0.1, 0.15) is 5.56 Å². The van der Waals surface area contributed by atoms with Crippen molar-refractivity contribution < 1.29 is 17.0 Å². The van der Waals surface area contributed by atoms with Crippen LogP contribution in [0.2, 0.25) is 5.02 Å². The Morgan fingerprint density at radius 2 is 1.96 bits per heavy atom. The molecule has 0 saturated heterocycles. The molecule has 0 atom stereocenters. The molecule has 6 nitrogen and oxygen atoms in total. The molecule has 25 heavy (non-hydrogen) atoms. The molecule has 0 bridgehead atoms. The standard InChI is InChI=1S/C17H14ClNO5S/c1-19-10-11-7-17(20)23-16-9-13(5-6-15(11)16)24-25(21,22)14-4-2-3-12(18)8-14/h2-9,19H,10H2,1H3. The van der Waals surface area contributed by atoms with Gasteiger partial charge in [0.1, 0.15) is 16.2 Å². The predicted octanol–water partition coefficient (Wildman–Crippen LogP) is 2.93. The van der Waals surface area contributed by atoms with E-state index in [0.717, 1.165) is 5.56 Å². The zero-order valence-electron chi connectivity index (χ0n) is 13.2. The summed E-state index contributed by atoms with van der Waals surface area (Å²) in [4.78, 5) is 11.6. The van der Waals surface area contributed by atoms with Crippen molar-refractivity contribution in [2.24, 2.45) is 0 Å². The lowest BCUT2D eigenvalue weighted by Crippen LogP contribution is -2.11. The maximum atomic E-state index is 12.3. The van der Waals surface area contributed by atoms with Crippen LogP contribution in [0.3, 0.4) is 0 Å². The van der Waals surface area contributed by atoms with Gasteiger partial charge in [-0.15, -0.1) is 0 Å². The van der Waals surface area contributed by atoms with Crippen LogP contribution >= 0.6 is 11.6 Å². The monoisotopic (exact) mass is 379 g/mol. The van der Waals surface area contributed by atoms with Crippen molar-refractivity contribution in [1.29, 1.82) is 0 Å². The summed E-state index contributed by atoms with van der Waals surface area (Å²) in [6.07, 6.45) is 0. The molecule has 8 heteroatoms. The van der Waals surface area contributed by atoms with E-state index in [-0.39, 0.29) is 21.3 Å². The van der Waals surface area contributed by atoms with E-state index < -0.39 is 15.7 Å². The Morgan fingerprint density at radius 1 is 1.16 bits per heavy atom. The fraction of sp³-hybridized carbons (Fsp3) is 0.118. The average Bonchev–Trinajstić information content (AvgIpc) is 2.54. The van der Waals surface area contributed by atoms with Crippen molar-refractivity contribution in [2.75, 3.05) is 7.05 Å². The molecule has 1 N–H and O–H groups in total. The van der Waals surface area contributed by atoms with Gasteiger partial charge in [-0.3, -0.25) is 0 Å². The van der Waals surface area contributed by atoms with Gasteiger partial charge in [0, 0.05) is 29.1 Å². The summed E-state index contributed by atoms with van der Waals surface area (Å²) in [6.45, 7) is 0.475. The summed E-state index contributed by atoms with van der Waals surface area (Å²) >= 11 is 5.82. The number of nitrogens with one attached hydrogen (secondary N) is 1. The Kier molecular flexibility index (Phi) is 4.80. The molecule has 2 aromatic carbocycles. The highest BCUT2D eigenvalue weighted by Crippen LogP contribution is 2.26. The fourth-order valence-electron chi connectivity index (χ4n) is 2.40. The van der Waals surface area contributed by atoms with E-state index in [4.69, 9.17) is 20.2 Å². The average molecular weight is 380 g/mol. The minimum Gasteiger partial charge on any atom is -0.423 e. The SMILES string of the molecule is CNCc1cc(=O)oc2cc(OS(=O)(=O)c3cccc(Cl)c3)ccc12. The van der Waals surface area contributed by atoms with E-state index in [2.05, 4.69) is 5.32 Å². The van der Waals surface area contributed by atoms with Crippen LogP contribution in [0.5, 0.6) is 5.75 Å². The Labute approximate surface area is 149 Å². The second-order valence-electron chi connectivity index (χ2n) is 5.27. The minimum absolute atomic E-state index is 0.0391. The van der Waals surface area contributed by atoms with E-state index in [9.17, 15) is 13.2 Å². The van der Waals surface area contributed by atoms with E-state index in [0.29, 0.717) is 11.9 Å². The Bertz CT molecular complexity index is 1090. The van der Waals surface area contributed by atoms with Gasteiger partial charge in [0.2, 0.25) is 0 Å². The third-order valence-corrected chi connectivity index (χ3v) is 4.94. The van der Waals surface area contributed by atoms with E-state index in [1.807, 2.05) is 0 Å². The molecule has 3 rings (SSSR count). The van der Waals surface area contributed by atoms with Crippen LogP contribution in [-0.2, 0) is 16.7 Å². The van der Waals surface area contributed by atoms with Crippen LogP contribution in [0.15, 0.2) is 62.6 Å². The first kappa shape index (κ1) is 17.5. The van der Waals surface area contributed by atoms with Gasteiger partial charge in [-0.05, 0) is 42.9 Å². The lowest BCUT2D eigenvalue weighted by Gasteiger charge is -2.09. The Balaban J connectivity index is 2.01. The summed E-state index contributed by atoms with van der Waals surface area (Å²) in [5.41, 5.74) is 0.474. The van der Waals surface area contributed by atoms with Gasteiger partial charge in [0.05, 0.1) is 0 Å². The molecule has 1 aromatic heterocycles. The quantitative estimate of drug-likeness (QED) is 0.542. The smallest absolute Gasteiger partial charge is 0.339 e. The van der Waals surface area contributed by atoms with Gasteiger partial charge in [-0.2, -0.15) is 8.42 Å². The number of halogens is 1. The van der Waals surface area contributed by atoms with E-state index >= 15 is 0 Å². The lowest BCUT2D eigenvalue weighted by atomic mass is 10.1. The molecule has 0 spiro atoms. The molecule has 0 aliphatic heterocycles. The summed E-state index contributed by atoms with van der Waals surface area (Å²) in [6, 6.07) is 11.7. The Morgan fingerprint density at radius 3 is 2.68 bits per heavy atom. The highest BCUT2D eigenvalue weighted by atomic mass is 35.5. The molecule has 1 heterocycles. The van der Waals surface area contributed by atoms with Crippen molar-refractivity contribution >= 4 is 32.7 Å². The van der Waals surface area contributed by atoms with Crippen LogP contribution in [0.25, 0.3) is 11.0 Å². The second-order valence-corrected chi connectivity index (χ2v) is 7.26.